The van der Waals surface area contributed by atoms with Crippen LogP contribution in [0, 0.1) is 11.3 Å². The maximum atomic E-state index is 8.39. The van der Waals surface area contributed by atoms with E-state index in [9.17, 15) is 0 Å². The molecule has 0 N–H and O–H groups in total. The summed E-state index contributed by atoms with van der Waals surface area (Å²) in [6, 6.07) is 4.24. The summed E-state index contributed by atoms with van der Waals surface area (Å²) in [4.78, 5) is 0. The van der Waals surface area contributed by atoms with Gasteiger partial charge >= 0.3 is 0 Å². The maximum Gasteiger partial charge on any atom is 0.0628 e. The first-order valence-electron chi connectivity index (χ1n) is 3.23. The van der Waals surface area contributed by atoms with E-state index in [0.717, 1.165) is 0 Å². The van der Waals surface area contributed by atoms with Gasteiger partial charge in [0.2, 0.25) is 0 Å². The van der Waals surface area contributed by atoms with Gasteiger partial charge in [0.1, 0.15) is 0 Å². The van der Waals surface area contributed by atoms with E-state index in [1.165, 1.54) is 5.56 Å². The molecule has 0 aromatic carbocycles. The molecule has 1 rings (SSSR count). The van der Waals surface area contributed by atoms with Gasteiger partial charge in [-0.1, -0.05) is 6.92 Å². The number of rotatable bonds is 2. The van der Waals surface area contributed by atoms with Crippen LogP contribution in [-0.2, 0) is 0 Å². The first-order valence-corrected chi connectivity index (χ1v) is 4.18. The highest BCUT2D eigenvalue weighted by Crippen LogP contribution is 2.20. The minimum Gasteiger partial charge on any atom is -0.198 e. The molecular weight excluding hydrogens is 142 g/mol. The van der Waals surface area contributed by atoms with Crippen LogP contribution in [0.3, 0.4) is 0 Å². The fourth-order valence-corrected chi connectivity index (χ4v) is 1.59. The van der Waals surface area contributed by atoms with Crippen LogP contribution in [0.2, 0.25) is 0 Å². The number of hydrogen-bond donors (Lipinski definition) is 0. The van der Waals surface area contributed by atoms with E-state index in [-0.39, 0.29) is 0 Å². The van der Waals surface area contributed by atoms with Gasteiger partial charge in [-0.05, 0) is 28.3 Å². The molecule has 0 aliphatic heterocycles. The molecule has 0 spiro atoms. The highest BCUT2D eigenvalue weighted by molar-refractivity contribution is 7.07. The van der Waals surface area contributed by atoms with Crippen molar-refractivity contribution in [2.45, 2.75) is 19.3 Å². The fourth-order valence-electron chi connectivity index (χ4n) is 0.810. The molecule has 52 valence electrons. The molecule has 0 saturated heterocycles. The zero-order valence-corrected chi connectivity index (χ0v) is 6.69. The van der Waals surface area contributed by atoms with Crippen molar-refractivity contribution >= 4 is 11.3 Å². The Morgan fingerprint density at radius 1 is 1.80 bits per heavy atom. The third-order valence-electron chi connectivity index (χ3n) is 1.51. The molecule has 10 heavy (non-hydrogen) atoms. The molecule has 1 unspecified atom stereocenters. The molecule has 1 heterocycles. The van der Waals surface area contributed by atoms with Crippen molar-refractivity contribution in [1.29, 1.82) is 5.26 Å². The molecule has 0 amide bonds. The second-order valence-corrected chi connectivity index (χ2v) is 3.10. The molecule has 0 aliphatic carbocycles. The largest absolute Gasteiger partial charge is 0.198 e. The van der Waals surface area contributed by atoms with E-state index < -0.39 is 0 Å². The van der Waals surface area contributed by atoms with Gasteiger partial charge in [0, 0.05) is 6.42 Å². The number of nitrogens with zero attached hydrogens (tertiary/aromatic N) is 1. The van der Waals surface area contributed by atoms with E-state index in [1.807, 2.05) is 5.38 Å². The van der Waals surface area contributed by atoms with Gasteiger partial charge in [-0.25, -0.2) is 0 Å². The quantitative estimate of drug-likeness (QED) is 0.637. The Morgan fingerprint density at radius 2 is 2.60 bits per heavy atom. The lowest BCUT2D eigenvalue weighted by molar-refractivity contribution is 0.793. The lowest BCUT2D eigenvalue weighted by atomic mass is 10.0. The Kier molecular flexibility index (Phi) is 2.47. The smallest absolute Gasteiger partial charge is 0.0628 e. The normalized spacial score (nSPS) is 12.4. The molecule has 0 aliphatic rings. The third kappa shape index (κ3) is 1.58. The van der Waals surface area contributed by atoms with Crippen LogP contribution in [0.25, 0.3) is 0 Å². The van der Waals surface area contributed by atoms with Gasteiger partial charge in [0.05, 0.1) is 6.07 Å². The van der Waals surface area contributed by atoms with Gasteiger partial charge in [0.25, 0.3) is 0 Å². The van der Waals surface area contributed by atoms with E-state index in [1.54, 1.807) is 11.3 Å². The Balaban J connectivity index is 2.61. The van der Waals surface area contributed by atoms with E-state index in [0.29, 0.717) is 12.3 Å². The van der Waals surface area contributed by atoms with Gasteiger partial charge in [-0.15, -0.1) is 0 Å². The average molecular weight is 151 g/mol. The lowest BCUT2D eigenvalue weighted by Crippen LogP contribution is -1.87. The van der Waals surface area contributed by atoms with Crippen molar-refractivity contribution in [3.63, 3.8) is 0 Å². The Labute approximate surface area is 64.9 Å². The maximum absolute atomic E-state index is 8.39. The molecule has 0 saturated carbocycles. The van der Waals surface area contributed by atoms with E-state index in [2.05, 4.69) is 24.4 Å². The summed E-state index contributed by atoms with van der Waals surface area (Å²) < 4.78 is 0. The molecular formula is C8H9NS. The second kappa shape index (κ2) is 3.38. The van der Waals surface area contributed by atoms with Crippen molar-refractivity contribution in [1.82, 2.24) is 0 Å². The second-order valence-electron chi connectivity index (χ2n) is 2.32. The average Bonchev–Trinajstić information content (AvgIpc) is 2.38. The summed E-state index contributed by atoms with van der Waals surface area (Å²) in [6.07, 6.45) is 0.622. The van der Waals surface area contributed by atoms with Gasteiger partial charge in [-0.2, -0.15) is 16.6 Å². The highest BCUT2D eigenvalue weighted by Gasteiger charge is 2.03. The van der Waals surface area contributed by atoms with Crippen LogP contribution >= 0.6 is 11.3 Å². The number of nitriles is 1. The summed E-state index contributed by atoms with van der Waals surface area (Å²) in [7, 11) is 0. The summed E-state index contributed by atoms with van der Waals surface area (Å²) in [6.45, 7) is 2.07. The van der Waals surface area contributed by atoms with Crippen molar-refractivity contribution in [3.8, 4) is 6.07 Å². The van der Waals surface area contributed by atoms with Crippen LogP contribution in [0.15, 0.2) is 16.8 Å². The summed E-state index contributed by atoms with van der Waals surface area (Å²) >= 11 is 1.68. The van der Waals surface area contributed by atoms with E-state index >= 15 is 0 Å². The minimum absolute atomic E-state index is 0.399. The molecule has 2 heteroatoms. The Hall–Kier alpha value is -0.810. The molecule has 1 nitrogen and oxygen atoms in total. The zero-order chi connectivity index (χ0) is 7.40. The van der Waals surface area contributed by atoms with Gasteiger partial charge in [0.15, 0.2) is 0 Å². The van der Waals surface area contributed by atoms with Crippen LogP contribution in [0.5, 0.6) is 0 Å². The Bertz CT molecular complexity index is 220. The molecule has 1 atom stereocenters. The molecule has 0 radical (unpaired) electrons. The zero-order valence-electron chi connectivity index (χ0n) is 5.87. The van der Waals surface area contributed by atoms with Crippen molar-refractivity contribution in [2.24, 2.45) is 0 Å². The van der Waals surface area contributed by atoms with Gasteiger partial charge in [-0.3, -0.25) is 0 Å². The van der Waals surface area contributed by atoms with Gasteiger partial charge < -0.3 is 0 Å². The SMILES string of the molecule is CC(CC#N)c1ccsc1. The first-order chi connectivity index (χ1) is 4.84. The predicted octanol–water partition coefficient (Wildman–Crippen LogP) is 2.77. The highest BCUT2D eigenvalue weighted by atomic mass is 32.1. The van der Waals surface area contributed by atoms with Crippen molar-refractivity contribution in [3.05, 3.63) is 22.4 Å². The number of thiophene rings is 1. The molecule has 0 bridgehead atoms. The Morgan fingerprint density at radius 3 is 3.10 bits per heavy atom. The lowest BCUT2D eigenvalue weighted by Gasteiger charge is -2.01. The third-order valence-corrected chi connectivity index (χ3v) is 2.21. The monoisotopic (exact) mass is 151 g/mol. The summed E-state index contributed by atoms with van der Waals surface area (Å²) in [5.41, 5.74) is 1.28. The van der Waals surface area contributed by atoms with Crippen LogP contribution < -0.4 is 0 Å². The van der Waals surface area contributed by atoms with E-state index in [4.69, 9.17) is 5.26 Å². The summed E-state index contributed by atoms with van der Waals surface area (Å²) in [5, 5.41) is 12.5. The van der Waals surface area contributed by atoms with Crippen molar-refractivity contribution in [2.75, 3.05) is 0 Å². The number of hydrogen-bond acceptors (Lipinski definition) is 2. The molecule has 0 fully saturated rings. The van der Waals surface area contributed by atoms with Crippen LogP contribution in [0.4, 0.5) is 0 Å². The summed E-state index contributed by atoms with van der Waals surface area (Å²) in [5.74, 6) is 0.399. The van der Waals surface area contributed by atoms with Crippen molar-refractivity contribution < 1.29 is 0 Å². The first kappa shape index (κ1) is 7.30. The topological polar surface area (TPSA) is 23.8 Å². The standard InChI is InChI=1S/C8H9NS/c1-7(2-4-9)8-3-5-10-6-8/h3,5-7H,2H2,1H3. The predicted molar refractivity (Wildman–Crippen MR) is 43.0 cm³/mol. The molecule has 1 aromatic rings. The van der Waals surface area contributed by atoms with Crippen LogP contribution in [0.1, 0.15) is 24.8 Å². The molecule has 1 aromatic heterocycles. The minimum atomic E-state index is 0.399. The van der Waals surface area contributed by atoms with Crippen LogP contribution in [-0.4, -0.2) is 0 Å². The fraction of sp³-hybridized carbons (Fsp3) is 0.375.